The van der Waals surface area contributed by atoms with Gasteiger partial charge in [0.05, 0.1) is 11.1 Å². The van der Waals surface area contributed by atoms with E-state index in [0.29, 0.717) is 0 Å². The predicted molar refractivity (Wildman–Crippen MR) is 447 cm³/mol. The van der Waals surface area contributed by atoms with E-state index in [9.17, 15) is 0 Å². The molecule has 0 bridgehead atoms. The summed E-state index contributed by atoms with van der Waals surface area (Å²) < 4.78 is 12.9. The summed E-state index contributed by atoms with van der Waals surface area (Å²) in [5, 5.41) is 4.49. The second-order valence-electron chi connectivity index (χ2n) is 27.4. The molecule has 0 radical (unpaired) electrons. The highest BCUT2D eigenvalue weighted by Gasteiger charge is 2.47. The SMILES string of the molecule is c1ccc(-c2ccc(N(c3cc(-c4ccccc4)cc(-c4ccccc4)c3)c3cccc4c3-c3ccccc3C4(c3ccccc3)c3ccccc3)cc2)cc1.c1ccc(-c2ccc(N(c3ccc(-c4cccc5c4oc4ccccc45)cc3)c3ccc4c(c3)oc3cccc(-c5ccccc5)c34)cc2)cc1. The molecule has 0 unspecified atom stereocenters. The molecule has 0 saturated heterocycles. The van der Waals surface area contributed by atoms with Gasteiger partial charge < -0.3 is 18.6 Å². The normalized spacial score (nSPS) is 12.0. The van der Waals surface area contributed by atoms with Crippen LogP contribution in [0.3, 0.4) is 0 Å². The van der Waals surface area contributed by atoms with Crippen LogP contribution in [0.5, 0.6) is 0 Å². The smallest absolute Gasteiger partial charge is 0.143 e. The highest BCUT2D eigenvalue weighted by Crippen LogP contribution is 2.60. The Bertz CT molecular complexity index is 6280. The lowest BCUT2D eigenvalue weighted by molar-refractivity contribution is 0.669. The molecule has 0 N–H and O–H groups in total. The Morgan fingerprint density at radius 1 is 0.206 bits per heavy atom. The van der Waals surface area contributed by atoms with E-state index >= 15 is 0 Å². The van der Waals surface area contributed by atoms with Gasteiger partial charge in [-0.05, 0) is 174 Å². The zero-order valence-corrected chi connectivity index (χ0v) is 58.6. The van der Waals surface area contributed by atoms with Crippen molar-refractivity contribution in [1.29, 1.82) is 0 Å². The molecule has 19 aromatic rings. The molecule has 107 heavy (non-hydrogen) atoms. The Morgan fingerprint density at radius 2 is 0.607 bits per heavy atom. The molecule has 0 fully saturated rings. The lowest BCUT2D eigenvalue weighted by atomic mass is 9.68. The van der Waals surface area contributed by atoms with Gasteiger partial charge in [0.15, 0.2) is 0 Å². The lowest BCUT2D eigenvalue weighted by Crippen LogP contribution is -2.28. The van der Waals surface area contributed by atoms with Crippen molar-refractivity contribution in [2.75, 3.05) is 9.80 Å². The molecule has 4 nitrogen and oxygen atoms in total. The number of para-hydroxylation sites is 2. The van der Waals surface area contributed by atoms with Gasteiger partial charge in [-0.3, -0.25) is 0 Å². The lowest BCUT2D eigenvalue weighted by Gasteiger charge is -2.34. The largest absolute Gasteiger partial charge is 0.456 e. The second kappa shape index (κ2) is 27.6. The molecule has 2 aromatic heterocycles. The molecular formula is C103H70N2O2. The van der Waals surface area contributed by atoms with Gasteiger partial charge in [0.2, 0.25) is 0 Å². The molecule has 0 saturated carbocycles. The van der Waals surface area contributed by atoms with Gasteiger partial charge in [0, 0.05) is 67.2 Å². The topological polar surface area (TPSA) is 32.8 Å². The Kier molecular flexibility index (Phi) is 16.5. The van der Waals surface area contributed by atoms with Gasteiger partial charge in [0.25, 0.3) is 0 Å². The molecule has 4 heteroatoms. The summed E-state index contributed by atoms with van der Waals surface area (Å²) in [6.45, 7) is 0. The molecule has 17 aromatic carbocycles. The van der Waals surface area contributed by atoms with Crippen LogP contribution in [0.15, 0.2) is 433 Å². The fraction of sp³-hybridized carbons (Fsp3) is 0.00971. The van der Waals surface area contributed by atoms with E-state index in [0.717, 1.165) is 89.1 Å². The van der Waals surface area contributed by atoms with E-state index in [4.69, 9.17) is 8.83 Å². The number of rotatable bonds is 14. The summed E-state index contributed by atoms with van der Waals surface area (Å²) in [5.41, 5.74) is 31.0. The van der Waals surface area contributed by atoms with E-state index in [2.05, 4.69) is 422 Å². The minimum atomic E-state index is -0.506. The molecule has 2 heterocycles. The van der Waals surface area contributed by atoms with Crippen molar-refractivity contribution in [1.82, 2.24) is 0 Å². The minimum absolute atomic E-state index is 0.506. The predicted octanol–water partition coefficient (Wildman–Crippen LogP) is 28.5. The maximum absolute atomic E-state index is 6.56. The standard InChI is InChI=1S/C55H39N.C48H31NO2/c1-6-19-40(20-7-1)43-33-35-48(36-34-43)56(49-38-44(41-21-8-2-9-22-41)37-45(39-49)42-23-10-3-11-24-42)53-32-18-31-52-54(53)50-29-16-17-30-51(50)55(52,46-25-12-4-13-26-46)47-27-14-5-15-28-47;1-3-11-32(12-4-1)33-21-25-36(26-22-33)49(37-27-23-35(24-28-37)40-17-9-18-42-41-15-7-8-19-44(41)51-48(40)42)38-29-30-43-46(31-38)50-45-20-10-16-39(47(43)45)34-13-5-2-6-14-34/h1-39H;1-31H. The van der Waals surface area contributed by atoms with E-state index in [1.165, 1.54) is 89.0 Å². The number of hydrogen-bond acceptors (Lipinski definition) is 4. The van der Waals surface area contributed by atoms with Gasteiger partial charge in [-0.25, -0.2) is 0 Å². The van der Waals surface area contributed by atoms with Crippen LogP contribution in [0.25, 0.3) is 122 Å². The fourth-order valence-electron chi connectivity index (χ4n) is 16.3. The summed E-state index contributed by atoms with van der Waals surface area (Å²) in [5.74, 6) is 0. The van der Waals surface area contributed by atoms with Crippen LogP contribution < -0.4 is 9.80 Å². The number of anilines is 6. The summed E-state index contributed by atoms with van der Waals surface area (Å²) in [6.07, 6.45) is 0. The molecule has 0 amide bonds. The average molecular weight is 1370 g/mol. The van der Waals surface area contributed by atoms with Crippen LogP contribution in [0, 0.1) is 0 Å². The van der Waals surface area contributed by atoms with E-state index < -0.39 is 5.41 Å². The van der Waals surface area contributed by atoms with Crippen molar-refractivity contribution in [2.45, 2.75) is 5.41 Å². The number of benzene rings is 17. The van der Waals surface area contributed by atoms with Crippen LogP contribution in [0.4, 0.5) is 34.1 Å². The Hall–Kier alpha value is -14.1. The Morgan fingerprint density at radius 3 is 1.19 bits per heavy atom. The highest BCUT2D eigenvalue weighted by molar-refractivity contribution is 6.14. The van der Waals surface area contributed by atoms with E-state index in [-0.39, 0.29) is 0 Å². The first kappa shape index (κ1) is 63.8. The molecule has 1 aliphatic rings. The van der Waals surface area contributed by atoms with Gasteiger partial charge in [0.1, 0.15) is 22.3 Å². The summed E-state index contributed by atoms with van der Waals surface area (Å²) in [6, 6.07) is 152. The first-order chi connectivity index (χ1) is 53.1. The molecule has 1 aliphatic carbocycles. The molecule has 0 aliphatic heterocycles. The van der Waals surface area contributed by atoms with Gasteiger partial charge in [-0.1, -0.05) is 334 Å². The fourth-order valence-corrected chi connectivity index (χ4v) is 16.3. The minimum Gasteiger partial charge on any atom is -0.456 e. The van der Waals surface area contributed by atoms with Gasteiger partial charge >= 0.3 is 0 Å². The number of fused-ring (bicyclic) bond motifs is 9. The zero-order chi connectivity index (χ0) is 71.0. The maximum atomic E-state index is 6.56. The molecule has 504 valence electrons. The molecule has 0 atom stereocenters. The van der Waals surface area contributed by atoms with Crippen molar-refractivity contribution in [2.24, 2.45) is 0 Å². The highest BCUT2D eigenvalue weighted by atomic mass is 16.3. The third-order valence-electron chi connectivity index (χ3n) is 21.2. The Balaban J connectivity index is 0.000000147. The van der Waals surface area contributed by atoms with Crippen LogP contribution in [0.1, 0.15) is 22.3 Å². The van der Waals surface area contributed by atoms with Gasteiger partial charge in [-0.15, -0.1) is 0 Å². The quantitative estimate of drug-likeness (QED) is 0.109. The number of hydrogen-bond donors (Lipinski definition) is 0. The van der Waals surface area contributed by atoms with E-state index in [1.807, 2.05) is 12.1 Å². The first-order valence-electron chi connectivity index (χ1n) is 36.6. The zero-order valence-electron chi connectivity index (χ0n) is 58.6. The van der Waals surface area contributed by atoms with Crippen molar-refractivity contribution in [3.63, 3.8) is 0 Å². The first-order valence-corrected chi connectivity index (χ1v) is 36.6. The van der Waals surface area contributed by atoms with Gasteiger partial charge in [-0.2, -0.15) is 0 Å². The monoisotopic (exact) mass is 1370 g/mol. The molecular weight excluding hydrogens is 1300 g/mol. The molecule has 20 rings (SSSR count). The van der Waals surface area contributed by atoms with Crippen molar-refractivity contribution < 1.29 is 8.83 Å². The molecule has 0 spiro atoms. The van der Waals surface area contributed by atoms with Crippen LogP contribution >= 0.6 is 0 Å². The van der Waals surface area contributed by atoms with Crippen LogP contribution in [-0.2, 0) is 5.41 Å². The summed E-state index contributed by atoms with van der Waals surface area (Å²) in [7, 11) is 0. The van der Waals surface area contributed by atoms with Crippen LogP contribution in [0.2, 0.25) is 0 Å². The van der Waals surface area contributed by atoms with Crippen molar-refractivity contribution in [3.05, 3.63) is 447 Å². The van der Waals surface area contributed by atoms with Crippen molar-refractivity contribution in [3.8, 4) is 77.9 Å². The van der Waals surface area contributed by atoms with Crippen molar-refractivity contribution >= 4 is 78.0 Å². The third kappa shape index (κ3) is 11.6. The number of nitrogens with zero attached hydrogens (tertiary/aromatic N) is 2. The summed E-state index contributed by atoms with van der Waals surface area (Å²) >= 11 is 0. The average Bonchev–Trinajstić information content (AvgIpc) is 1.54. The second-order valence-corrected chi connectivity index (χ2v) is 27.4. The van der Waals surface area contributed by atoms with E-state index in [1.54, 1.807) is 0 Å². The summed E-state index contributed by atoms with van der Waals surface area (Å²) in [4.78, 5) is 4.78. The Labute approximate surface area is 622 Å². The third-order valence-corrected chi connectivity index (χ3v) is 21.2. The number of furan rings is 2. The van der Waals surface area contributed by atoms with Crippen LogP contribution in [-0.4, -0.2) is 0 Å². The maximum Gasteiger partial charge on any atom is 0.143 e.